The fourth-order valence-corrected chi connectivity index (χ4v) is 2.59. The molecule has 1 N–H and O–H groups in total. The third-order valence-electron chi connectivity index (χ3n) is 3.74. The predicted octanol–water partition coefficient (Wildman–Crippen LogP) is 4.22. The average molecular weight is 281 g/mol. The van der Waals surface area contributed by atoms with Crippen molar-refractivity contribution in [2.45, 2.75) is 52.1 Å². The van der Waals surface area contributed by atoms with Gasteiger partial charge in [0.1, 0.15) is 0 Å². The Bertz CT molecular complexity index is 402. The first-order chi connectivity index (χ1) is 9.26. The van der Waals surface area contributed by atoms with E-state index in [2.05, 4.69) is 36.2 Å². The lowest BCUT2D eigenvalue weighted by Gasteiger charge is -2.26. The summed E-state index contributed by atoms with van der Waals surface area (Å²) in [6, 6.07) is 6.99. The summed E-state index contributed by atoms with van der Waals surface area (Å²) in [5.41, 5.74) is 2.56. The maximum atomic E-state index is 6.40. The molecule has 2 nitrogen and oxygen atoms in total. The number of anilines is 1. The number of benzene rings is 1. The molecule has 0 heterocycles. The van der Waals surface area contributed by atoms with Gasteiger partial charge < -0.3 is 10.2 Å². The van der Waals surface area contributed by atoms with E-state index in [1.807, 2.05) is 6.07 Å². The molecule has 1 aliphatic carbocycles. The first-order valence-corrected chi connectivity index (χ1v) is 7.89. The van der Waals surface area contributed by atoms with E-state index in [9.17, 15) is 0 Å². The van der Waals surface area contributed by atoms with E-state index in [0.29, 0.717) is 0 Å². The van der Waals surface area contributed by atoms with Crippen LogP contribution in [-0.2, 0) is 6.54 Å². The Kier molecular flexibility index (Phi) is 5.53. The Morgan fingerprint density at radius 2 is 2.11 bits per heavy atom. The molecule has 0 unspecified atom stereocenters. The van der Waals surface area contributed by atoms with Crippen LogP contribution in [0.3, 0.4) is 0 Å². The van der Waals surface area contributed by atoms with Crippen LogP contribution in [0.25, 0.3) is 0 Å². The van der Waals surface area contributed by atoms with Crippen LogP contribution in [0.2, 0.25) is 5.02 Å². The van der Waals surface area contributed by atoms with Crippen LogP contribution >= 0.6 is 11.6 Å². The summed E-state index contributed by atoms with van der Waals surface area (Å²) in [6.45, 7) is 7.50. The van der Waals surface area contributed by atoms with Crippen molar-refractivity contribution >= 4 is 17.3 Å². The number of nitrogens with zero attached hydrogens (tertiary/aromatic N) is 1. The van der Waals surface area contributed by atoms with E-state index in [1.54, 1.807) is 0 Å². The lowest BCUT2D eigenvalue weighted by atomic mass is 10.1. The maximum Gasteiger partial charge on any atom is 0.0471 e. The van der Waals surface area contributed by atoms with Crippen LogP contribution in [0.15, 0.2) is 18.2 Å². The summed E-state index contributed by atoms with van der Waals surface area (Å²) in [6.07, 6.45) is 5.09. The van der Waals surface area contributed by atoms with Crippen LogP contribution in [0.1, 0.15) is 45.1 Å². The molecule has 0 spiro atoms. The van der Waals surface area contributed by atoms with Crippen LogP contribution in [0.4, 0.5) is 5.69 Å². The van der Waals surface area contributed by atoms with Crippen molar-refractivity contribution in [3.05, 3.63) is 28.8 Å². The topological polar surface area (TPSA) is 15.3 Å². The fraction of sp³-hybridized carbons (Fsp3) is 0.625. The van der Waals surface area contributed by atoms with Crippen molar-refractivity contribution in [3.63, 3.8) is 0 Å². The monoisotopic (exact) mass is 280 g/mol. The van der Waals surface area contributed by atoms with E-state index >= 15 is 0 Å². The SMILES string of the molecule is CCCCN(CC)c1cccc(Cl)c1CNC1CC1. The van der Waals surface area contributed by atoms with Crippen molar-refractivity contribution in [3.8, 4) is 0 Å². The number of hydrogen-bond donors (Lipinski definition) is 1. The Balaban J connectivity index is 2.13. The summed E-state index contributed by atoms with van der Waals surface area (Å²) in [5.74, 6) is 0. The molecule has 19 heavy (non-hydrogen) atoms. The minimum absolute atomic E-state index is 0.717. The van der Waals surface area contributed by atoms with E-state index in [1.165, 1.54) is 36.9 Å². The first kappa shape index (κ1) is 14.7. The smallest absolute Gasteiger partial charge is 0.0471 e. The quantitative estimate of drug-likeness (QED) is 0.767. The molecule has 3 heteroatoms. The molecule has 0 radical (unpaired) electrons. The summed E-state index contributed by atoms with van der Waals surface area (Å²) < 4.78 is 0. The minimum Gasteiger partial charge on any atom is -0.372 e. The normalized spacial score (nSPS) is 14.7. The fourth-order valence-electron chi connectivity index (χ4n) is 2.35. The van der Waals surface area contributed by atoms with Gasteiger partial charge >= 0.3 is 0 Å². The van der Waals surface area contributed by atoms with Crippen LogP contribution in [0.5, 0.6) is 0 Å². The molecule has 1 aromatic carbocycles. The van der Waals surface area contributed by atoms with E-state index in [0.717, 1.165) is 30.7 Å². The van der Waals surface area contributed by atoms with Crippen LogP contribution < -0.4 is 10.2 Å². The van der Waals surface area contributed by atoms with Gasteiger partial charge in [-0.2, -0.15) is 0 Å². The highest BCUT2D eigenvalue weighted by molar-refractivity contribution is 6.31. The largest absolute Gasteiger partial charge is 0.372 e. The lowest BCUT2D eigenvalue weighted by molar-refractivity contribution is 0.678. The minimum atomic E-state index is 0.717. The maximum absolute atomic E-state index is 6.40. The summed E-state index contributed by atoms with van der Waals surface area (Å²) in [4.78, 5) is 2.44. The summed E-state index contributed by atoms with van der Waals surface area (Å²) in [7, 11) is 0. The van der Waals surface area contributed by atoms with Crippen LogP contribution in [0, 0.1) is 0 Å². The van der Waals surface area contributed by atoms with E-state index in [-0.39, 0.29) is 0 Å². The van der Waals surface area contributed by atoms with Gasteiger partial charge in [-0.1, -0.05) is 31.0 Å². The third-order valence-corrected chi connectivity index (χ3v) is 4.10. The Morgan fingerprint density at radius 3 is 2.74 bits per heavy atom. The molecular weight excluding hydrogens is 256 g/mol. The molecule has 1 saturated carbocycles. The number of rotatable bonds is 8. The molecule has 0 atom stereocenters. The Morgan fingerprint density at radius 1 is 1.32 bits per heavy atom. The van der Waals surface area contributed by atoms with Gasteiger partial charge in [0.2, 0.25) is 0 Å². The van der Waals surface area contributed by atoms with Gasteiger partial charge in [0.15, 0.2) is 0 Å². The first-order valence-electron chi connectivity index (χ1n) is 7.52. The highest BCUT2D eigenvalue weighted by atomic mass is 35.5. The van der Waals surface area contributed by atoms with Gasteiger partial charge in [0, 0.05) is 41.9 Å². The van der Waals surface area contributed by atoms with Gasteiger partial charge in [0.25, 0.3) is 0 Å². The second-order valence-electron chi connectivity index (χ2n) is 5.33. The van der Waals surface area contributed by atoms with Gasteiger partial charge in [-0.15, -0.1) is 0 Å². The molecule has 0 saturated heterocycles. The standard InChI is InChI=1S/C16H25ClN2/c1-3-5-11-19(4-2)16-8-6-7-15(17)14(16)12-18-13-9-10-13/h6-8,13,18H,3-5,9-12H2,1-2H3. The zero-order chi connectivity index (χ0) is 13.7. The average Bonchev–Trinajstić information content (AvgIpc) is 3.23. The van der Waals surface area contributed by atoms with E-state index in [4.69, 9.17) is 11.6 Å². The highest BCUT2D eigenvalue weighted by Crippen LogP contribution is 2.29. The van der Waals surface area contributed by atoms with Crippen molar-refractivity contribution in [1.29, 1.82) is 0 Å². The summed E-state index contributed by atoms with van der Waals surface area (Å²) in [5, 5.41) is 4.47. The zero-order valence-corrected chi connectivity index (χ0v) is 12.8. The molecule has 106 valence electrons. The van der Waals surface area contributed by atoms with Crippen molar-refractivity contribution in [2.75, 3.05) is 18.0 Å². The highest BCUT2D eigenvalue weighted by Gasteiger charge is 2.21. The summed E-state index contributed by atoms with van der Waals surface area (Å²) >= 11 is 6.40. The van der Waals surface area contributed by atoms with Crippen molar-refractivity contribution in [1.82, 2.24) is 5.32 Å². The molecule has 1 aliphatic rings. The molecule has 0 aliphatic heterocycles. The van der Waals surface area contributed by atoms with Crippen molar-refractivity contribution in [2.24, 2.45) is 0 Å². The zero-order valence-electron chi connectivity index (χ0n) is 12.1. The predicted molar refractivity (Wildman–Crippen MR) is 84.1 cm³/mol. The lowest BCUT2D eigenvalue weighted by Crippen LogP contribution is -2.26. The van der Waals surface area contributed by atoms with Gasteiger partial charge in [-0.3, -0.25) is 0 Å². The number of halogens is 1. The second kappa shape index (κ2) is 7.16. The number of hydrogen-bond acceptors (Lipinski definition) is 2. The number of unbranched alkanes of at least 4 members (excludes halogenated alkanes) is 1. The van der Waals surface area contributed by atoms with Gasteiger partial charge in [-0.25, -0.2) is 0 Å². The number of nitrogens with one attached hydrogen (secondary N) is 1. The molecule has 1 fully saturated rings. The van der Waals surface area contributed by atoms with Crippen LogP contribution in [-0.4, -0.2) is 19.1 Å². The van der Waals surface area contributed by atoms with E-state index < -0.39 is 0 Å². The molecule has 2 rings (SSSR count). The van der Waals surface area contributed by atoms with Gasteiger partial charge in [0.05, 0.1) is 0 Å². The molecular formula is C16H25ClN2. The molecule has 0 aromatic heterocycles. The molecule has 0 amide bonds. The second-order valence-corrected chi connectivity index (χ2v) is 5.73. The Hall–Kier alpha value is -0.730. The van der Waals surface area contributed by atoms with Gasteiger partial charge in [-0.05, 0) is 38.3 Å². The third kappa shape index (κ3) is 4.12. The Labute approximate surface area is 122 Å². The van der Waals surface area contributed by atoms with Crippen molar-refractivity contribution < 1.29 is 0 Å². The molecule has 0 bridgehead atoms. The molecule has 1 aromatic rings.